The number of hydrogen-bond acceptors (Lipinski definition) is 4. The zero-order valence-corrected chi connectivity index (χ0v) is 23.3. The van der Waals surface area contributed by atoms with Gasteiger partial charge in [0.25, 0.3) is 0 Å². The van der Waals surface area contributed by atoms with E-state index < -0.39 is 8.07 Å². The van der Waals surface area contributed by atoms with E-state index in [1.807, 2.05) is 12.1 Å². The van der Waals surface area contributed by atoms with E-state index in [1.165, 1.54) is 32.1 Å². The fourth-order valence-corrected chi connectivity index (χ4v) is 6.92. The molecule has 0 aliphatic heterocycles. The van der Waals surface area contributed by atoms with E-state index in [-0.39, 0.29) is 0 Å². The maximum Gasteiger partial charge on any atom is 0.101 e. The molecule has 0 amide bonds. The summed E-state index contributed by atoms with van der Waals surface area (Å²) >= 11 is 4.80. The van der Waals surface area contributed by atoms with Gasteiger partial charge in [0, 0.05) is 21.7 Å². The van der Waals surface area contributed by atoms with Gasteiger partial charge in [0.1, 0.15) is 12.1 Å². The molecule has 6 aromatic rings. The molecule has 0 aromatic heterocycles. The smallest absolute Gasteiger partial charge is 0.101 e. The predicted molar refractivity (Wildman–Crippen MR) is 164 cm³/mol. The highest BCUT2D eigenvalue weighted by molar-refractivity contribution is 7.80. The van der Waals surface area contributed by atoms with Crippen LogP contribution in [-0.4, -0.2) is 8.07 Å². The number of hydrogen-bond donors (Lipinski definition) is 1. The molecule has 0 aliphatic carbocycles. The SMILES string of the molecule is C[Si](C)(C)c1cc(S)cc(N(c2ccc(C#N)c(C#N)c2)c2ccc3ccc4cccc5ccc2c3c45)c1. The molecular weight excluding hydrogens is 499 g/mol. The quantitative estimate of drug-likeness (QED) is 0.143. The Balaban J connectivity index is 1.71. The molecule has 0 fully saturated rings. The highest BCUT2D eigenvalue weighted by Crippen LogP contribution is 2.44. The third-order valence-electron chi connectivity index (χ3n) is 7.28. The number of rotatable bonds is 4. The van der Waals surface area contributed by atoms with E-state index in [0.29, 0.717) is 11.1 Å². The Hall–Kier alpha value is -4.29. The van der Waals surface area contributed by atoms with E-state index in [0.717, 1.165) is 27.3 Å². The van der Waals surface area contributed by atoms with Crippen molar-refractivity contribution in [3.05, 3.63) is 102 Å². The summed E-state index contributed by atoms with van der Waals surface area (Å²) < 4.78 is 0. The lowest BCUT2D eigenvalue weighted by Crippen LogP contribution is -2.37. The molecule has 0 bridgehead atoms. The Labute approximate surface area is 228 Å². The van der Waals surface area contributed by atoms with Crippen LogP contribution in [-0.2, 0) is 0 Å². The number of nitriles is 2. The Morgan fingerprint density at radius 2 is 1.32 bits per heavy atom. The van der Waals surface area contributed by atoms with Crippen LogP contribution in [0.1, 0.15) is 11.1 Å². The first-order chi connectivity index (χ1) is 18.3. The lowest BCUT2D eigenvalue weighted by Gasteiger charge is -2.29. The van der Waals surface area contributed by atoms with Crippen molar-refractivity contribution in [1.82, 2.24) is 0 Å². The van der Waals surface area contributed by atoms with Crippen LogP contribution >= 0.6 is 12.6 Å². The molecule has 5 heteroatoms. The lowest BCUT2D eigenvalue weighted by molar-refractivity contribution is 1.27. The predicted octanol–water partition coefficient (Wildman–Crippen LogP) is 8.63. The van der Waals surface area contributed by atoms with Gasteiger partial charge in [0.05, 0.1) is 24.9 Å². The van der Waals surface area contributed by atoms with Crippen LogP contribution in [0.3, 0.4) is 0 Å². The van der Waals surface area contributed by atoms with Crippen LogP contribution in [0.4, 0.5) is 17.1 Å². The molecule has 3 nitrogen and oxygen atoms in total. The summed E-state index contributed by atoms with van der Waals surface area (Å²) in [5, 5.41) is 27.9. The summed E-state index contributed by atoms with van der Waals surface area (Å²) in [5.41, 5.74) is 3.57. The Morgan fingerprint density at radius 3 is 2.00 bits per heavy atom. The van der Waals surface area contributed by atoms with Gasteiger partial charge in [-0.05, 0) is 69.4 Å². The normalized spacial score (nSPS) is 11.6. The van der Waals surface area contributed by atoms with Gasteiger partial charge in [0.15, 0.2) is 0 Å². The molecule has 0 atom stereocenters. The summed E-state index contributed by atoms with van der Waals surface area (Å²) in [7, 11) is -1.65. The van der Waals surface area contributed by atoms with Crippen molar-refractivity contribution in [2.75, 3.05) is 4.90 Å². The van der Waals surface area contributed by atoms with Gasteiger partial charge in [-0.25, -0.2) is 0 Å². The zero-order chi connectivity index (χ0) is 26.6. The summed E-state index contributed by atoms with van der Waals surface area (Å²) in [6.45, 7) is 6.99. The van der Waals surface area contributed by atoms with Crippen LogP contribution in [0.15, 0.2) is 95.9 Å². The molecule has 0 saturated carbocycles. The highest BCUT2D eigenvalue weighted by atomic mass is 32.1. The second kappa shape index (κ2) is 8.92. The molecule has 0 heterocycles. The van der Waals surface area contributed by atoms with Crippen molar-refractivity contribution in [1.29, 1.82) is 10.5 Å². The highest BCUT2D eigenvalue weighted by Gasteiger charge is 2.23. The molecule has 0 spiro atoms. The van der Waals surface area contributed by atoms with Gasteiger partial charge in [-0.15, -0.1) is 12.6 Å². The van der Waals surface area contributed by atoms with Crippen LogP contribution in [0.25, 0.3) is 32.3 Å². The van der Waals surface area contributed by atoms with E-state index in [1.54, 1.807) is 6.07 Å². The Kier molecular flexibility index (Phi) is 5.65. The van der Waals surface area contributed by atoms with Crippen molar-refractivity contribution < 1.29 is 0 Å². The molecule has 0 N–H and O–H groups in total. The Morgan fingerprint density at radius 1 is 0.658 bits per heavy atom. The average Bonchev–Trinajstić information content (AvgIpc) is 2.91. The molecule has 0 aliphatic rings. The van der Waals surface area contributed by atoms with Crippen LogP contribution < -0.4 is 10.1 Å². The van der Waals surface area contributed by atoms with E-state index >= 15 is 0 Å². The molecule has 6 aromatic carbocycles. The second-order valence-electron chi connectivity index (χ2n) is 10.7. The third-order valence-corrected chi connectivity index (χ3v) is 9.55. The number of nitrogens with zero attached hydrogens (tertiary/aromatic N) is 3. The summed E-state index contributed by atoms with van der Waals surface area (Å²) in [5.74, 6) is 0. The largest absolute Gasteiger partial charge is 0.310 e. The summed E-state index contributed by atoms with van der Waals surface area (Å²) in [6, 6.07) is 35.9. The maximum atomic E-state index is 9.82. The average molecular weight is 524 g/mol. The van der Waals surface area contributed by atoms with Crippen LogP contribution in [0, 0.1) is 22.7 Å². The standard InChI is InChI=1S/C33H25N3SSi/c1-38(2,3)29-17-27(16-28(37)18-29)36(26-12-9-24(19-34)25(15-26)20-35)31-14-11-23-8-7-21-5-4-6-22-10-13-30(31)33(23)32(21)22/h4-18,37H,1-3H3. The minimum Gasteiger partial charge on any atom is -0.310 e. The number of benzene rings is 6. The van der Waals surface area contributed by atoms with Crippen molar-refractivity contribution in [3.8, 4) is 12.1 Å². The van der Waals surface area contributed by atoms with Crippen LogP contribution in [0.5, 0.6) is 0 Å². The fourth-order valence-electron chi connectivity index (χ4n) is 5.36. The number of anilines is 3. The van der Waals surface area contributed by atoms with Gasteiger partial charge < -0.3 is 4.90 Å². The van der Waals surface area contributed by atoms with Crippen molar-refractivity contribution in [2.24, 2.45) is 0 Å². The molecule has 0 radical (unpaired) electrons. The topological polar surface area (TPSA) is 50.8 Å². The van der Waals surface area contributed by atoms with Gasteiger partial charge in [-0.3, -0.25) is 0 Å². The van der Waals surface area contributed by atoms with Crippen molar-refractivity contribution in [3.63, 3.8) is 0 Å². The van der Waals surface area contributed by atoms with Gasteiger partial charge in [-0.2, -0.15) is 10.5 Å². The van der Waals surface area contributed by atoms with Gasteiger partial charge >= 0.3 is 0 Å². The summed E-state index contributed by atoms with van der Waals surface area (Å²) in [6.07, 6.45) is 0. The molecule has 38 heavy (non-hydrogen) atoms. The minimum atomic E-state index is -1.65. The van der Waals surface area contributed by atoms with E-state index in [2.05, 4.69) is 109 Å². The van der Waals surface area contributed by atoms with Gasteiger partial charge in [-0.1, -0.05) is 73.4 Å². The molecular formula is C33H25N3SSi. The molecule has 0 unspecified atom stereocenters. The second-order valence-corrected chi connectivity index (χ2v) is 16.3. The molecule has 0 saturated heterocycles. The fraction of sp³-hybridized carbons (Fsp3) is 0.0909. The maximum absolute atomic E-state index is 9.82. The lowest BCUT2D eigenvalue weighted by atomic mass is 9.93. The van der Waals surface area contributed by atoms with E-state index in [4.69, 9.17) is 12.6 Å². The first kappa shape index (κ1) is 24.1. The third kappa shape index (κ3) is 3.89. The minimum absolute atomic E-state index is 0.361. The first-order valence-electron chi connectivity index (χ1n) is 12.5. The van der Waals surface area contributed by atoms with Gasteiger partial charge in [0.2, 0.25) is 0 Å². The van der Waals surface area contributed by atoms with Crippen molar-refractivity contribution in [2.45, 2.75) is 24.5 Å². The zero-order valence-electron chi connectivity index (χ0n) is 21.4. The van der Waals surface area contributed by atoms with Crippen LogP contribution in [0.2, 0.25) is 19.6 Å². The first-order valence-corrected chi connectivity index (χ1v) is 16.5. The number of thiol groups is 1. The Bertz CT molecular complexity index is 1940. The van der Waals surface area contributed by atoms with Crippen molar-refractivity contribution >= 4 is 75.3 Å². The summed E-state index contributed by atoms with van der Waals surface area (Å²) in [4.78, 5) is 3.11. The monoisotopic (exact) mass is 523 g/mol. The molecule has 6 rings (SSSR count). The van der Waals surface area contributed by atoms with E-state index in [9.17, 15) is 10.5 Å². The molecule has 182 valence electrons.